The minimum absolute atomic E-state index is 0.149. The van der Waals surface area contributed by atoms with Gasteiger partial charge in [0.05, 0.1) is 0 Å². The second kappa shape index (κ2) is 5.40. The van der Waals surface area contributed by atoms with E-state index in [-0.39, 0.29) is 11.6 Å². The first-order valence-corrected chi connectivity index (χ1v) is 5.74. The molecule has 0 atom stereocenters. The monoisotopic (exact) mass is 272 g/mol. The van der Waals surface area contributed by atoms with Crippen LogP contribution in [0.15, 0.2) is 22.7 Å². The van der Waals surface area contributed by atoms with Gasteiger partial charge in [-0.25, -0.2) is 4.39 Å². The second-order valence-corrected chi connectivity index (χ2v) is 4.90. The van der Waals surface area contributed by atoms with E-state index >= 15 is 0 Å². The normalized spacial score (nSPS) is 10.7. The molecular formula is C12H14BrFO. The largest absolute Gasteiger partial charge is 0.299 e. The first kappa shape index (κ1) is 12.4. The molecule has 0 spiro atoms. The van der Waals surface area contributed by atoms with Crippen molar-refractivity contribution in [2.75, 3.05) is 0 Å². The van der Waals surface area contributed by atoms with Crippen LogP contribution in [0.5, 0.6) is 0 Å². The molecule has 1 aromatic carbocycles. The Morgan fingerprint density at radius 3 is 2.73 bits per heavy atom. The predicted molar refractivity (Wildman–Crippen MR) is 62.3 cm³/mol. The highest BCUT2D eigenvalue weighted by Gasteiger charge is 2.09. The van der Waals surface area contributed by atoms with Crippen LogP contribution in [-0.4, -0.2) is 5.78 Å². The van der Waals surface area contributed by atoms with Crippen molar-refractivity contribution in [3.8, 4) is 0 Å². The highest BCUT2D eigenvalue weighted by atomic mass is 79.9. The van der Waals surface area contributed by atoms with Crippen LogP contribution in [0.4, 0.5) is 4.39 Å². The number of halogens is 2. The summed E-state index contributed by atoms with van der Waals surface area (Å²) in [5.74, 6) is 0.201. The summed E-state index contributed by atoms with van der Waals surface area (Å²) in [4.78, 5) is 11.5. The average Bonchev–Trinajstić information content (AvgIpc) is 2.10. The van der Waals surface area contributed by atoms with Crippen LogP contribution < -0.4 is 0 Å². The maximum atomic E-state index is 12.9. The lowest BCUT2D eigenvalue weighted by Crippen LogP contribution is -2.07. The number of carbonyl (C=O) groups is 1. The lowest BCUT2D eigenvalue weighted by atomic mass is 10.0. The molecule has 0 aliphatic heterocycles. The molecule has 1 aromatic rings. The Morgan fingerprint density at radius 1 is 1.47 bits per heavy atom. The summed E-state index contributed by atoms with van der Waals surface area (Å²) in [7, 11) is 0. The quantitative estimate of drug-likeness (QED) is 0.816. The van der Waals surface area contributed by atoms with E-state index in [1.165, 1.54) is 12.1 Å². The van der Waals surface area contributed by atoms with Crippen LogP contribution in [0.2, 0.25) is 0 Å². The van der Waals surface area contributed by atoms with Gasteiger partial charge in [0.2, 0.25) is 0 Å². The number of hydrogen-bond acceptors (Lipinski definition) is 1. The van der Waals surface area contributed by atoms with Gasteiger partial charge in [0, 0.05) is 17.3 Å². The second-order valence-electron chi connectivity index (χ2n) is 4.05. The predicted octanol–water partition coefficient (Wildman–Crippen LogP) is 3.75. The zero-order chi connectivity index (χ0) is 11.4. The van der Waals surface area contributed by atoms with E-state index in [4.69, 9.17) is 0 Å². The first-order valence-electron chi connectivity index (χ1n) is 4.94. The minimum Gasteiger partial charge on any atom is -0.299 e. The van der Waals surface area contributed by atoms with Crippen molar-refractivity contribution in [1.82, 2.24) is 0 Å². The lowest BCUT2D eigenvalue weighted by molar-refractivity contribution is -0.119. The number of benzene rings is 1. The molecule has 0 aliphatic carbocycles. The fraction of sp³-hybridized carbons (Fsp3) is 0.417. The molecule has 82 valence electrons. The molecule has 0 unspecified atom stereocenters. The van der Waals surface area contributed by atoms with Gasteiger partial charge in [0.25, 0.3) is 0 Å². The Morgan fingerprint density at radius 2 is 2.13 bits per heavy atom. The molecule has 0 fully saturated rings. The van der Waals surface area contributed by atoms with Crippen molar-refractivity contribution in [3.63, 3.8) is 0 Å². The number of rotatable bonds is 4. The molecule has 0 aromatic heterocycles. The van der Waals surface area contributed by atoms with Crippen LogP contribution in [0, 0.1) is 11.7 Å². The highest BCUT2D eigenvalue weighted by Crippen LogP contribution is 2.19. The molecule has 0 aliphatic rings. The third-order valence-electron chi connectivity index (χ3n) is 2.03. The van der Waals surface area contributed by atoms with Crippen molar-refractivity contribution in [2.45, 2.75) is 26.7 Å². The van der Waals surface area contributed by atoms with E-state index in [9.17, 15) is 9.18 Å². The summed E-state index contributed by atoms with van der Waals surface area (Å²) in [5.41, 5.74) is 0.723. The highest BCUT2D eigenvalue weighted by molar-refractivity contribution is 9.10. The molecular weight excluding hydrogens is 259 g/mol. The van der Waals surface area contributed by atoms with Gasteiger partial charge in [-0.2, -0.15) is 0 Å². The fourth-order valence-corrected chi connectivity index (χ4v) is 1.81. The molecule has 0 saturated carbocycles. The number of hydrogen-bond donors (Lipinski definition) is 0. The van der Waals surface area contributed by atoms with Gasteiger partial charge in [0.1, 0.15) is 11.6 Å². The van der Waals surface area contributed by atoms with E-state index in [2.05, 4.69) is 15.9 Å². The topological polar surface area (TPSA) is 17.1 Å². The van der Waals surface area contributed by atoms with E-state index < -0.39 is 0 Å². The van der Waals surface area contributed by atoms with Gasteiger partial charge in [-0.05, 0) is 29.7 Å². The summed E-state index contributed by atoms with van der Waals surface area (Å²) in [6.45, 7) is 4.00. The van der Waals surface area contributed by atoms with Crippen LogP contribution in [0.1, 0.15) is 25.8 Å². The molecule has 0 bridgehead atoms. The Kier molecular flexibility index (Phi) is 4.45. The number of carbonyl (C=O) groups excluding carboxylic acids is 1. The summed E-state index contributed by atoms with van der Waals surface area (Å²) in [5, 5.41) is 0. The van der Waals surface area contributed by atoms with Gasteiger partial charge >= 0.3 is 0 Å². The third kappa shape index (κ3) is 4.12. The molecule has 3 heteroatoms. The van der Waals surface area contributed by atoms with Gasteiger partial charge in [0.15, 0.2) is 0 Å². The van der Waals surface area contributed by atoms with E-state index in [1.54, 1.807) is 6.07 Å². The zero-order valence-electron chi connectivity index (χ0n) is 8.89. The Bertz CT molecular complexity index is 361. The molecule has 0 radical (unpaired) electrons. The van der Waals surface area contributed by atoms with Crippen LogP contribution in [0.25, 0.3) is 0 Å². The van der Waals surface area contributed by atoms with Crippen LogP contribution in [0.3, 0.4) is 0 Å². The minimum atomic E-state index is -0.300. The van der Waals surface area contributed by atoms with Crippen molar-refractivity contribution >= 4 is 21.7 Å². The van der Waals surface area contributed by atoms with Crippen molar-refractivity contribution < 1.29 is 9.18 Å². The average molecular weight is 273 g/mol. The van der Waals surface area contributed by atoms with E-state index in [0.717, 1.165) is 10.0 Å². The molecule has 0 N–H and O–H groups in total. The molecule has 0 amide bonds. The van der Waals surface area contributed by atoms with Crippen molar-refractivity contribution in [1.29, 1.82) is 0 Å². The maximum Gasteiger partial charge on any atom is 0.137 e. The van der Waals surface area contributed by atoms with Gasteiger partial charge < -0.3 is 0 Å². The number of Topliss-reactive ketones (excluding diaryl/α,β-unsaturated/α-hetero) is 1. The van der Waals surface area contributed by atoms with Crippen molar-refractivity contribution in [3.05, 3.63) is 34.1 Å². The molecule has 1 rings (SSSR count). The standard InChI is InChI=1S/C12H14BrFO/c1-8(2)5-11(15)7-9-6-10(14)3-4-12(9)13/h3-4,6,8H,5,7H2,1-2H3. The SMILES string of the molecule is CC(C)CC(=O)Cc1cc(F)ccc1Br. The Labute approximate surface area is 97.8 Å². The Balaban J connectivity index is 2.71. The molecule has 15 heavy (non-hydrogen) atoms. The van der Waals surface area contributed by atoms with Gasteiger partial charge in [-0.3, -0.25) is 4.79 Å². The third-order valence-corrected chi connectivity index (χ3v) is 2.80. The maximum absolute atomic E-state index is 12.9. The summed E-state index contributed by atoms with van der Waals surface area (Å²) in [6, 6.07) is 4.41. The molecule has 0 saturated heterocycles. The number of ketones is 1. The summed E-state index contributed by atoms with van der Waals surface area (Å²) < 4.78 is 13.7. The molecule has 1 nitrogen and oxygen atoms in total. The van der Waals surface area contributed by atoms with E-state index in [0.29, 0.717) is 18.8 Å². The summed E-state index contributed by atoms with van der Waals surface area (Å²) >= 11 is 3.31. The lowest BCUT2D eigenvalue weighted by Gasteiger charge is -2.06. The fourth-order valence-electron chi connectivity index (χ4n) is 1.42. The van der Waals surface area contributed by atoms with Crippen LogP contribution in [-0.2, 0) is 11.2 Å². The van der Waals surface area contributed by atoms with Gasteiger partial charge in [-0.1, -0.05) is 29.8 Å². The Hall–Kier alpha value is -0.700. The summed E-state index contributed by atoms with van der Waals surface area (Å²) in [6.07, 6.45) is 0.847. The molecule has 0 heterocycles. The van der Waals surface area contributed by atoms with Crippen molar-refractivity contribution in [2.24, 2.45) is 5.92 Å². The van der Waals surface area contributed by atoms with Gasteiger partial charge in [-0.15, -0.1) is 0 Å². The zero-order valence-corrected chi connectivity index (χ0v) is 10.5. The van der Waals surface area contributed by atoms with E-state index in [1.807, 2.05) is 13.8 Å². The van der Waals surface area contributed by atoms with Crippen LogP contribution >= 0.6 is 15.9 Å². The smallest absolute Gasteiger partial charge is 0.137 e. The first-order chi connectivity index (χ1) is 6.99.